The van der Waals surface area contributed by atoms with Gasteiger partial charge in [-0.2, -0.15) is 0 Å². The van der Waals surface area contributed by atoms with Crippen molar-refractivity contribution in [2.75, 3.05) is 4.90 Å². The lowest BCUT2D eigenvalue weighted by Crippen LogP contribution is -2.32. The van der Waals surface area contributed by atoms with E-state index in [-0.39, 0.29) is 16.0 Å². The van der Waals surface area contributed by atoms with Crippen LogP contribution in [0.5, 0.6) is 0 Å². The molecule has 0 unspecified atom stereocenters. The fraction of sp³-hybridized carbons (Fsp3) is 0. The summed E-state index contributed by atoms with van der Waals surface area (Å²) in [5.41, 5.74) is -1.97. The lowest BCUT2D eigenvalue weighted by atomic mass is 9.93. The molecule has 0 radical (unpaired) electrons. The highest BCUT2D eigenvalue weighted by Crippen LogP contribution is 2.40. The van der Waals surface area contributed by atoms with E-state index in [1.165, 1.54) is 6.07 Å². The van der Waals surface area contributed by atoms with Crippen LogP contribution in [0.4, 0.5) is 27.6 Å². The molecular formula is C26H9BrF5NO2. The Morgan fingerprint density at radius 1 is 0.543 bits per heavy atom. The van der Waals surface area contributed by atoms with Gasteiger partial charge in [-0.3, -0.25) is 9.59 Å². The van der Waals surface area contributed by atoms with Crippen molar-refractivity contribution in [3.63, 3.8) is 0 Å². The summed E-state index contributed by atoms with van der Waals surface area (Å²) in [6.45, 7) is 0. The van der Waals surface area contributed by atoms with Crippen molar-refractivity contribution < 1.29 is 31.5 Å². The summed E-state index contributed by atoms with van der Waals surface area (Å²) in [7, 11) is 0. The van der Waals surface area contributed by atoms with Gasteiger partial charge in [-0.25, -0.2) is 26.9 Å². The molecule has 3 nitrogen and oxygen atoms in total. The van der Waals surface area contributed by atoms with E-state index in [0.717, 1.165) is 26.0 Å². The van der Waals surface area contributed by atoms with Gasteiger partial charge < -0.3 is 0 Å². The van der Waals surface area contributed by atoms with E-state index in [9.17, 15) is 31.5 Å². The monoisotopic (exact) mass is 541 g/mol. The van der Waals surface area contributed by atoms with Gasteiger partial charge in [0.2, 0.25) is 5.82 Å². The zero-order valence-electron chi connectivity index (χ0n) is 17.2. The van der Waals surface area contributed by atoms with Crippen LogP contribution in [0.25, 0.3) is 32.3 Å². The molecule has 1 aliphatic heterocycles. The third-order valence-electron chi connectivity index (χ3n) is 6.26. The molecular weight excluding hydrogens is 533 g/mol. The van der Waals surface area contributed by atoms with Gasteiger partial charge in [-0.05, 0) is 44.5 Å². The molecule has 0 aromatic heterocycles. The molecule has 9 heteroatoms. The average Bonchev–Trinajstić information content (AvgIpc) is 3.11. The first kappa shape index (κ1) is 21.7. The molecule has 0 atom stereocenters. The SMILES string of the molecule is O=C1c2ccc3c(ccc4c5cccc(Br)c5ccc34)c2C(=O)N1c1c(F)c(F)c(F)c(F)c1F. The van der Waals surface area contributed by atoms with Crippen LogP contribution >= 0.6 is 15.9 Å². The van der Waals surface area contributed by atoms with Gasteiger partial charge in [0.1, 0.15) is 5.69 Å². The van der Waals surface area contributed by atoms with Crippen LogP contribution in [0.15, 0.2) is 59.1 Å². The first-order chi connectivity index (χ1) is 16.7. The minimum atomic E-state index is -2.38. The number of nitrogens with zero attached hydrogens (tertiary/aromatic N) is 1. The molecule has 0 bridgehead atoms. The molecule has 6 rings (SSSR count). The maximum absolute atomic E-state index is 14.5. The number of fused-ring (bicyclic) bond motifs is 7. The highest BCUT2D eigenvalue weighted by Gasteiger charge is 2.43. The van der Waals surface area contributed by atoms with E-state index in [0.29, 0.717) is 10.8 Å². The van der Waals surface area contributed by atoms with Gasteiger partial charge in [0.15, 0.2) is 23.3 Å². The highest BCUT2D eigenvalue weighted by atomic mass is 79.9. The van der Waals surface area contributed by atoms with Crippen molar-refractivity contribution in [2.45, 2.75) is 0 Å². The number of carbonyl (C=O) groups is 2. The Hall–Kier alpha value is -3.85. The van der Waals surface area contributed by atoms with Gasteiger partial charge in [-0.1, -0.05) is 58.4 Å². The number of anilines is 1. The number of carbonyl (C=O) groups excluding carboxylic acids is 2. The Labute approximate surface area is 201 Å². The summed E-state index contributed by atoms with van der Waals surface area (Å²) >= 11 is 3.52. The molecule has 0 fully saturated rings. The number of benzene rings is 5. The Kier molecular flexibility index (Phi) is 4.53. The lowest BCUT2D eigenvalue weighted by molar-refractivity contribution is 0.0923. The number of halogens is 6. The van der Waals surface area contributed by atoms with E-state index in [1.807, 2.05) is 30.3 Å². The predicted octanol–water partition coefficient (Wildman–Crippen LogP) is 7.40. The van der Waals surface area contributed by atoms with E-state index in [1.54, 1.807) is 18.2 Å². The summed E-state index contributed by atoms with van der Waals surface area (Å²) < 4.78 is 70.9. The molecule has 0 saturated carbocycles. The van der Waals surface area contributed by atoms with Gasteiger partial charge in [0.05, 0.1) is 11.1 Å². The van der Waals surface area contributed by atoms with Crippen LogP contribution in [0.2, 0.25) is 0 Å². The maximum Gasteiger partial charge on any atom is 0.266 e. The number of rotatable bonds is 1. The van der Waals surface area contributed by atoms with Gasteiger partial charge >= 0.3 is 0 Å². The molecule has 5 aromatic rings. The van der Waals surface area contributed by atoms with E-state index < -0.39 is 46.6 Å². The number of imide groups is 1. The molecule has 0 saturated heterocycles. The zero-order chi connectivity index (χ0) is 24.8. The Bertz CT molecular complexity index is 1790. The summed E-state index contributed by atoms with van der Waals surface area (Å²) in [4.78, 5) is 26.2. The third-order valence-corrected chi connectivity index (χ3v) is 6.95. The summed E-state index contributed by atoms with van der Waals surface area (Å²) in [6, 6.07) is 15.7. The normalized spacial score (nSPS) is 13.5. The van der Waals surface area contributed by atoms with Crippen molar-refractivity contribution in [3.05, 3.63) is 99.3 Å². The topological polar surface area (TPSA) is 37.4 Å². The molecule has 172 valence electrons. The van der Waals surface area contributed by atoms with E-state index in [4.69, 9.17) is 0 Å². The van der Waals surface area contributed by atoms with Crippen molar-refractivity contribution in [1.29, 1.82) is 0 Å². The van der Waals surface area contributed by atoms with E-state index in [2.05, 4.69) is 15.9 Å². The van der Waals surface area contributed by atoms with Crippen LogP contribution in [0.3, 0.4) is 0 Å². The second-order valence-corrected chi connectivity index (χ2v) is 8.86. The molecule has 5 aromatic carbocycles. The molecule has 0 spiro atoms. The molecule has 0 aliphatic carbocycles. The number of hydrogen-bond donors (Lipinski definition) is 0. The first-order valence-corrected chi connectivity index (χ1v) is 11.0. The van der Waals surface area contributed by atoms with Crippen molar-refractivity contribution >= 4 is 65.7 Å². The predicted molar refractivity (Wildman–Crippen MR) is 124 cm³/mol. The fourth-order valence-electron chi connectivity index (χ4n) is 4.68. The van der Waals surface area contributed by atoms with Crippen LogP contribution in [-0.4, -0.2) is 11.8 Å². The van der Waals surface area contributed by atoms with Crippen LogP contribution in [0.1, 0.15) is 20.7 Å². The van der Waals surface area contributed by atoms with Gasteiger partial charge in [-0.15, -0.1) is 0 Å². The van der Waals surface area contributed by atoms with Crippen LogP contribution in [0, 0.1) is 29.1 Å². The second kappa shape index (κ2) is 7.32. The number of amides is 2. The smallest absolute Gasteiger partial charge is 0.266 e. The summed E-state index contributed by atoms with van der Waals surface area (Å²) in [5.74, 6) is -13.8. The largest absolute Gasteiger partial charge is 0.268 e. The average molecular weight is 542 g/mol. The standard InChI is InChI=1S/C26H9BrF5NO2/c27-17-3-1-2-10-11-5-8-15-13(12(11)4-7-14(10)17)6-9-16-18(15)26(35)33(25(16)34)24-22(31)20(29)19(28)21(30)23(24)32/h1-9H. The molecule has 0 N–H and O–H groups in total. The van der Waals surface area contributed by atoms with Gasteiger partial charge in [0.25, 0.3) is 11.8 Å². The molecule has 35 heavy (non-hydrogen) atoms. The molecule has 1 aliphatic rings. The quantitative estimate of drug-likeness (QED) is 0.0728. The number of hydrogen-bond acceptors (Lipinski definition) is 2. The van der Waals surface area contributed by atoms with Crippen LogP contribution in [-0.2, 0) is 0 Å². The minimum absolute atomic E-state index is 0.00206. The lowest BCUT2D eigenvalue weighted by Gasteiger charge is -2.16. The van der Waals surface area contributed by atoms with Crippen molar-refractivity contribution in [3.8, 4) is 0 Å². The molecule has 2 amide bonds. The van der Waals surface area contributed by atoms with E-state index >= 15 is 0 Å². The Morgan fingerprint density at radius 2 is 1.03 bits per heavy atom. The highest BCUT2D eigenvalue weighted by molar-refractivity contribution is 9.10. The fourth-order valence-corrected chi connectivity index (χ4v) is 5.18. The van der Waals surface area contributed by atoms with Crippen LogP contribution < -0.4 is 4.90 Å². The van der Waals surface area contributed by atoms with Gasteiger partial charge in [0, 0.05) is 4.47 Å². The molecule has 1 heterocycles. The first-order valence-electron chi connectivity index (χ1n) is 10.2. The van der Waals surface area contributed by atoms with Crippen molar-refractivity contribution in [2.24, 2.45) is 0 Å². The zero-order valence-corrected chi connectivity index (χ0v) is 18.8. The Balaban J connectivity index is 1.62. The van der Waals surface area contributed by atoms with Crippen molar-refractivity contribution in [1.82, 2.24) is 0 Å². The second-order valence-electron chi connectivity index (χ2n) is 8.01. The summed E-state index contributed by atoms with van der Waals surface area (Å²) in [6.07, 6.45) is 0. The third kappa shape index (κ3) is 2.75. The minimum Gasteiger partial charge on any atom is -0.268 e. The Morgan fingerprint density at radius 3 is 1.69 bits per heavy atom. The summed E-state index contributed by atoms with van der Waals surface area (Å²) in [5, 5.41) is 4.42. The maximum atomic E-state index is 14.5.